The third kappa shape index (κ3) is 4.05. The molecular weight excluding hydrogens is 344 g/mol. The Morgan fingerprint density at radius 2 is 1.59 bits per heavy atom. The van der Waals surface area contributed by atoms with Gasteiger partial charge in [-0.1, -0.05) is 12.1 Å². The molecule has 6 nitrogen and oxygen atoms in total. The largest absolute Gasteiger partial charge is 0.516 e. The van der Waals surface area contributed by atoms with Gasteiger partial charge in [0.25, 0.3) is 11.8 Å². The van der Waals surface area contributed by atoms with Gasteiger partial charge in [0.15, 0.2) is 0 Å². The lowest BCUT2D eigenvalue weighted by Crippen LogP contribution is -2.58. The second-order valence-corrected chi connectivity index (χ2v) is 8.52. The lowest BCUT2D eigenvalue weighted by Gasteiger charge is -2.39. The highest BCUT2D eigenvalue weighted by atomic mass is 16.6. The van der Waals surface area contributed by atoms with Gasteiger partial charge in [0.2, 0.25) is 0 Å². The van der Waals surface area contributed by atoms with Gasteiger partial charge in [-0.05, 0) is 52.2 Å². The number of benzene rings is 1. The average Bonchev–Trinajstić information content (AvgIpc) is 2.86. The van der Waals surface area contributed by atoms with E-state index in [1.807, 2.05) is 20.8 Å². The van der Waals surface area contributed by atoms with Crippen LogP contribution >= 0.6 is 0 Å². The van der Waals surface area contributed by atoms with Crippen LogP contribution in [0.4, 0.5) is 4.79 Å². The number of likely N-dealkylation sites (tertiary alicyclic amines) is 1. The number of amides is 3. The van der Waals surface area contributed by atoms with E-state index in [-0.39, 0.29) is 17.9 Å². The number of nitrogens with zero attached hydrogens (tertiary/aromatic N) is 2. The molecule has 0 atom stereocenters. The molecule has 0 bridgehead atoms. The molecule has 0 saturated carbocycles. The van der Waals surface area contributed by atoms with Crippen LogP contribution in [0.25, 0.3) is 0 Å². The number of rotatable bonds is 4. The Morgan fingerprint density at radius 1 is 1.04 bits per heavy atom. The van der Waals surface area contributed by atoms with Crippen molar-refractivity contribution in [3.63, 3.8) is 0 Å². The molecule has 1 fully saturated rings. The summed E-state index contributed by atoms with van der Waals surface area (Å²) in [6.07, 6.45) is 3.51. The number of quaternary nitrogens is 1. The van der Waals surface area contributed by atoms with Gasteiger partial charge in [-0.2, -0.15) is 4.79 Å². The van der Waals surface area contributed by atoms with Crippen LogP contribution < -0.4 is 0 Å². The molecule has 6 heteroatoms. The number of fused-ring (bicyclic) bond motifs is 1. The standard InChI is InChI=1S/C21H29N2O4/c1-21(2,3)27-20(26)23(13-7-4-8-14-23)15-9-12-22-18(24)16-10-5-6-11-17(16)19(22)25/h5-6,10-11H,4,7-9,12-15H2,1-3H3/q+1. The molecule has 27 heavy (non-hydrogen) atoms. The second kappa shape index (κ2) is 7.43. The molecule has 3 amide bonds. The summed E-state index contributed by atoms with van der Waals surface area (Å²) in [5, 5.41) is 0. The first-order chi connectivity index (χ1) is 12.7. The molecule has 0 aromatic heterocycles. The molecule has 3 rings (SSSR count). The third-order valence-electron chi connectivity index (χ3n) is 5.30. The molecule has 2 aliphatic heterocycles. The normalized spacial score (nSPS) is 19.1. The summed E-state index contributed by atoms with van der Waals surface area (Å²) in [6.45, 7) is 8.07. The van der Waals surface area contributed by atoms with Gasteiger partial charge in [-0.25, -0.2) is 4.48 Å². The summed E-state index contributed by atoms with van der Waals surface area (Å²) < 4.78 is 5.97. The second-order valence-electron chi connectivity index (χ2n) is 8.52. The monoisotopic (exact) mass is 373 g/mol. The van der Waals surface area contributed by atoms with Crippen molar-refractivity contribution in [2.75, 3.05) is 26.2 Å². The van der Waals surface area contributed by atoms with Gasteiger partial charge >= 0.3 is 6.09 Å². The van der Waals surface area contributed by atoms with Crippen molar-refractivity contribution >= 4 is 17.9 Å². The molecule has 0 radical (unpaired) electrons. The minimum Gasteiger partial charge on any atom is -0.414 e. The van der Waals surface area contributed by atoms with Crippen LogP contribution in [-0.4, -0.2) is 59.1 Å². The molecular formula is C21H29N2O4+. The maximum Gasteiger partial charge on any atom is 0.516 e. The minimum absolute atomic E-state index is 0.190. The number of imide groups is 1. The van der Waals surface area contributed by atoms with Gasteiger partial charge in [0.05, 0.1) is 30.8 Å². The van der Waals surface area contributed by atoms with Crippen LogP contribution in [-0.2, 0) is 4.74 Å². The van der Waals surface area contributed by atoms with E-state index in [1.165, 1.54) is 4.90 Å². The Kier molecular flexibility index (Phi) is 5.38. The molecule has 0 spiro atoms. The summed E-state index contributed by atoms with van der Waals surface area (Å²) in [5.41, 5.74) is 0.412. The van der Waals surface area contributed by atoms with E-state index in [4.69, 9.17) is 4.74 Å². The predicted octanol–water partition coefficient (Wildman–Crippen LogP) is 3.61. The fourth-order valence-electron chi connectivity index (χ4n) is 3.95. The Morgan fingerprint density at radius 3 is 2.11 bits per heavy atom. The molecule has 2 aliphatic rings. The topological polar surface area (TPSA) is 63.7 Å². The van der Waals surface area contributed by atoms with E-state index in [9.17, 15) is 14.4 Å². The first kappa shape index (κ1) is 19.5. The third-order valence-corrected chi connectivity index (χ3v) is 5.30. The fourth-order valence-corrected chi connectivity index (χ4v) is 3.95. The molecule has 1 saturated heterocycles. The smallest absolute Gasteiger partial charge is 0.414 e. The van der Waals surface area contributed by atoms with E-state index in [0.717, 1.165) is 32.4 Å². The number of hydrogen-bond donors (Lipinski definition) is 0. The van der Waals surface area contributed by atoms with E-state index < -0.39 is 5.60 Å². The van der Waals surface area contributed by atoms with Crippen LogP contribution in [0, 0.1) is 0 Å². The summed E-state index contributed by atoms with van der Waals surface area (Å²) in [4.78, 5) is 39.2. The van der Waals surface area contributed by atoms with Crippen molar-refractivity contribution < 1.29 is 23.6 Å². The van der Waals surface area contributed by atoms with Gasteiger partial charge in [0, 0.05) is 13.0 Å². The quantitative estimate of drug-likeness (QED) is 0.597. The molecule has 1 aromatic carbocycles. The first-order valence-electron chi connectivity index (χ1n) is 9.78. The number of piperidine rings is 1. The highest BCUT2D eigenvalue weighted by Gasteiger charge is 2.42. The van der Waals surface area contributed by atoms with Gasteiger partial charge in [-0.3, -0.25) is 14.5 Å². The number of hydrogen-bond acceptors (Lipinski definition) is 4. The van der Waals surface area contributed by atoms with E-state index in [0.29, 0.717) is 35.1 Å². The van der Waals surface area contributed by atoms with Crippen molar-refractivity contribution in [2.45, 2.75) is 52.1 Å². The molecule has 146 valence electrons. The Balaban J connectivity index is 1.66. The average molecular weight is 373 g/mol. The Bertz CT molecular complexity index is 710. The van der Waals surface area contributed by atoms with Gasteiger partial charge in [0.1, 0.15) is 5.60 Å². The molecule has 0 aliphatic carbocycles. The molecule has 0 N–H and O–H groups in total. The van der Waals surface area contributed by atoms with Crippen molar-refractivity contribution in [3.8, 4) is 0 Å². The van der Waals surface area contributed by atoms with Crippen LogP contribution in [0.2, 0.25) is 0 Å². The lowest BCUT2D eigenvalue weighted by molar-refractivity contribution is -0.863. The predicted molar refractivity (Wildman–Crippen MR) is 101 cm³/mol. The van der Waals surface area contributed by atoms with Crippen LogP contribution in [0.3, 0.4) is 0 Å². The van der Waals surface area contributed by atoms with Crippen molar-refractivity contribution in [1.82, 2.24) is 4.90 Å². The first-order valence-corrected chi connectivity index (χ1v) is 9.78. The maximum absolute atomic E-state index is 12.9. The van der Waals surface area contributed by atoms with Crippen LogP contribution in [0.5, 0.6) is 0 Å². The fraction of sp³-hybridized carbons (Fsp3) is 0.571. The summed E-state index contributed by atoms with van der Waals surface area (Å²) in [7, 11) is 0. The SMILES string of the molecule is CC(C)(C)OC(=O)[N+]1(CCCN2C(=O)c3ccccc3C2=O)CCCCC1. The number of carbonyl (C=O) groups is 3. The Hall–Kier alpha value is -2.21. The minimum atomic E-state index is -0.525. The van der Waals surface area contributed by atoms with E-state index >= 15 is 0 Å². The summed E-state index contributed by atoms with van der Waals surface area (Å²) in [6, 6.07) is 6.91. The van der Waals surface area contributed by atoms with Crippen molar-refractivity contribution in [3.05, 3.63) is 35.4 Å². The lowest BCUT2D eigenvalue weighted by atomic mass is 10.1. The van der Waals surface area contributed by atoms with Crippen LogP contribution in [0.15, 0.2) is 24.3 Å². The maximum atomic E-state index is 12.9. The van der Waals surface area contributed by atoms with Gasteiger partial charge in [-0.15, -0.1) is 0 Å². The Labute approximate surface area is 160 Å². The highest BCUT2D eigenvalue weighted by molar-refractivity contribution is 6.21. The zero-order chi connectivity index (χ0) is 19.7. The summed E-state index contributed by atoms with van der Waals surface area (Å²) in [5.74, 6) is -0.476. The van der Waals surface area contributed by atoms with E-state index in [1.54, 1.807) is 24.3 Å². The molecule has 0 unspecified atom stereocenters. The van der Waals surface area contributed by atoms with Crippen molar-refractivity contribution in [1.29, 1.82) is 0 Å². The zero-order valence-electron chi connectivity index (χ0n) is 16.5. The van der Waals surface area contributed by atoms with Crippen LogP contribution in [0.1, 0.15) is 67.2 Å². The number of carbonyl (C=O) groups excluding carboxylic acids is 3. The molecule has 2 heterocycles. The zero-order valence-corrected chi connectivity index (χ0v) is 16.5. The van der Waals surface area contributed by atoms with Gasteiger partial charge < -0.3 is 4.74 Å². The number of ether oxygens (including phenoxy) is 1. The highest BCUT2D eigenvalue weighted by Crippen LogP contribution is 2.26. The summed E-state index contributed by atoms with van der Waals surface area (Å²) >= 11 is 0. The van der Waals surface area contributed by atoms with Crippen molar-refractivity contribution in [2.24, 2.45) is 0 Å². The molecule has 1 aromatic rings. The van der Waals surface area contributed by atoms with E-state index in [2.05, 4.69) is 0 Å².